The number of amides is 1. The number of nitrogens with one attached hydrogen (secondary N) is 1. The SMILES string of the molecule is CCNC(CC)C(=O)N1CCOCC1. The molecule has 1 unspecified atom stereocenters. The molecule has 0 saturated carbocycles. The predicted molar refractivity (Wildman–Crippen MR) is 55.2 cm³/mol. The predicted octanol–water partition coefficient (Wildman–Crippen LogP) is 0.233. The average molecular weight is 200 g/mol. The second kappa shape index (κ2) is 5.98. The lowest BCUT2D eigenvalue weighted by molar-refractivity contribution is -0.137. The quantitative estimate of drug-likeness (QED) is 0.706. The van der Waals surface area contributed by atoms with Crippen LogP contribution in [0, 0.1) is 0 Å². The number of nitrogens with zero attached hydrogens (tertiary/aromatic N) is 1. The average Bonchev–Trinajstić information content (AvgIpc) is 2.26. The van der Waals surface area contributed by atoms with E-state index in [1.165, 1.54) is 0 Å². The fourth-order valence-corrected chi connectivity index (χ4v) is 1.66. The van der Waals surface area contributed by atoms with Gasteiger partial charge in [-0.2, -0.15) is 0 Å². The fraction of sp³-hybridized carbons (Fsp3) is 0.900. The van der Waals surface area contributed by atoms with Gasteiger partial charge in [0.05, 0.1) is 19.3 Å². The van der Waals surface area contributed by atoms with Crippen molar-refractivity contribution in [3.8, 4) is 0 Å². The molecule has 0 spiro atoms. The van der Waals surface area contributed by atoms with Gasteiger partial charge in [-0.3, -0.25) is 4.79 Å². The fourth-order valence-electron chi connectivity index (χ4n) is 1.66. The van der Waals surface area contributed by atoms with E-state index >= 15 is 0 Å². The van der Waals surface area contributed by atoms with Gasteiger partial charge in [-0.05, 0) is 13.0 Å². The van der Waals surface area contributed by atoms with E-state index in [1.807, 2.05) is 18.7 Å². The smallest absolute Gasteiger partial charge is 0.239 e. The lowest BCUT2D eigenvalue weighted by Crippen LogP contribution is -2.50. The number of carbonyl (C=O) groups is 1. The number of morpholine rings is 1. The molecule has 1 atom stereocenters. The first-order valence-electron chi connectivity index (χ1n) is 5.39. The molecule has 0 radical (unpaired) electrons. The van der Waals surface area contributed by atoms with Gasteiger partial charge in [-0.15, -0.1) is 0 Å². The Morgan fingerprint density at radius 2 is 2.07 bits per heavy atom. The Hall–Kier alpha value is -0.610. The molecule has 4 heteroatoms. The molecule has 1 fully saturated rings. The highest BCUT2D eigenvalue weighted by molar-refractivity contribution is 5.81. The molecule has 1 amide bonds. The third-order valence-corrected chi connectivity index (χ3v) is 2.48. The van der Waals surface area contributed by atoms with Crippen LogP contribution in [-0.2, 0) is 9.53 Å². The molecule has 0 aromatic rings. The molecule has 1 saturated heterocycles. The van der Waals surface area contributed by atoms with Crippen molar-refractivity contribution in [2.45, 2.75) is 26.3 Å². The molecule has 1 aliphatic rings. The van der Waals surface area contributed by atoms with E-state index in [0.29, 0.717) is 13.2 Å². The summed E-state index contributed by atoms with van der Waals surface area (Å²) in [6, 6.07) is -0.0156. The normalized spacial score (nSPS) is 19.4. The van der Waals surface area contributed by atoms with Crippen LogP contribution in [-0.4, -0.2) is 49.7 Å². The largest absolute Gasteiger partial charge is 0.378 e. The van der Waals surface area contributed by atoms with E-state index < -0.39 is 0 Å². The molecule has 14 heavy (non-hydrogen) atoms. The Morgan fingerprint density at radius 3 is 2.57 bits per heavy atom. The van der Waals surface area contributed by atoms with Crippen molar-refractivity contribution in [3.05, 3.63) is 0 Å². The number of ether oxygens (including phenoxy) is 1. The third kappa shape index (κ3) is 2.96. The highest BCUT2D eigenvalue weighted by atomic mass is 16.5. The van der Waals surface area contributed by atoms with E-state index in [-0.39, 0.29) is 11.9 Å². The van der Waals surface area contributed by atoms with Crippen molar-refractivity contribution in [1.29, 1.82) is 0 Å². The van der Waals surface area contributed by atoms with Crippen molar-refractivity contribution >= 4 is 5.91 Å². The van der Waals surface area contributed by atoms with Crippen molar-refractivity contribution in [3.63, 3.8) is 0 Å². The summed E-state index contributed by atoms with van der Waals surface area (Å²) in [7, 11) is 0. The third-order valence-electron chi connectivity index (χ3n) is 2.48. The molecule has 0 aliphatic carbocycles. The maximum absolute atomic E-state index is 11.9. The second-order valence-corrected chi connectivity index (χ2v) is 3.46. The van der Waals surface area contributed by atoms with Crippen molar-refractivity contribution in [2.75, 3.05) is 32.8 Å². The topological polar surface area (TPSA) is 41.6 Å². The van der Waals surface area contributed by atoms with Crippen LogP contribution in [0.1, 0.15) is 20.3 Å². The van der Waals surface area contributed by atoms with E-state index in [0.717, 1.165) is 26.1 Å². The molecule has 1 N–H and O–H groups in total. The minimum Gasteiger partial charge on any atom is -0.378 e. The van der Waals surface area contributed by atoms with Crippen LogP contribution < -0.4 is 5.32 Å². The molecule has 4 nitrogen and oxygen atoms in total. The van der Waals surface area contributed by atoms with Gasteiger partial charge in [-0.25, -0.2) is 0 Å². The summed E-state index contributed by atoms with van der Waals surface area (Å²) in [6.07, 6.45) is 0.851. The molecule has 1 heterocycles. The highest BCUT2D eigenvalue weighted by Crippen LogP contribution is 2.03. The zero-order chi connectivity index (χ0) is 10.4. The Kier molecular flexibility index (Phi) is 4.90. The summed E-state index contributed by atoms with van der Waals surface area (Å²) in [6.45, 7) is 7.72. The second-order valence-electron chi connectivity index (χ2n) is 3.46. The molecule has 0 aromatic carbocycles. The van der Waals surface area contributed by atoms with Crippen molar-refractivity contribution < 1.29 is 9.53 Å². The summed E-state index contributed by atoms with van der Waals surface area (Å²) in [5.41, 5.74) is 0. The Balaban J connectivity index is 2.43. The summed E-state index contributed by atoms with van der Waals surface area (Å²) >= 11 is 0. The first-order valence-corrected chi connectivity index (χ1v) is 5.39. The summed E-state index contributed by atoms with van der Waals surface area (Å²) in [5.74, 6) is 0.220. The van der Waals surface area contributed by atoms with E-state index in [1.54, 1.807) is 0 Å². The van der Waals surface area contributed by atoms with Crippen LogP contribution in [0.5, 0.6) is 0 Å². The van der Waals surface area contributed by atoms with Crippen LogP contribution in [0.3, 0.4) is 0 Å². The first-order chi connectivity index (χ1) is 6.79. The minimum absolute atomic E-state index is 0.0156. The zero-order valence-electron chi connectivity index (χ0n) is 9.08. The molecule has 0 aromatic heterocycles. The lowest BCUT2D eigenvalue weighted by atomic mass is 10.2. The van der Waals surface area contributed by atoms with Gasteiger partial charge >= 0.3 is 0 Å². The van der Waals surface area contributed by atoms with Gasteiger partial charge < -0.3 is 15.0 Å². The maximum Gasteiger partial charge on any atom is 0.239 e. The highest BCUT2D eigenvalue weighted by Gasteiger charge is 2.23. The summed E-state index contributed by atoms with van der Waals surface area (Å²) in [4.78, 5) is 13.8. The number of rotatable bonds is 4. The van der Waals surface area contributed by atoms with Gasteiger partial charge in [0, 0.05) is 13.1 Å². The number of likely N-dealkylation sites (N-methyl/N-ethyl adjacent to an activating group) is 1. The van der Waals surface area contributed by atoms with Crippen molar-refractivity contribution in [2.24, 2.45) is 0 Å². The Labute approximate surface area is 85.6 Å². The van der Waals surface area contributed by atoms with Crippen LogP contribution in [0.2, 0.25) is 0 Å². The zero-order valence-corrected chi connectivity index (χ0v) is 9.08. The van der Waals surface area contributed by atoms with E-state index in [2.05, 4.69) is 5.32 Å². The first kappa shape index (κ1) is 11.5. The van der Waals surface area contributed by atoms with Gasteiger partial charge in [0.1, 0.15) is 0 Å². The van der Waals surface area contributed by atoms with Gasteiger partial charge in [0.15, 0.2) is 0 Å². The minimum atomic E-state index is -0.0156. The van der Waals surface area contributed by atoms with Crippen LogP contribution in [0.25, 0.3) is 0 Å². The standard InChI is InChI=1S/C10H20N2O2/c1-3-9(11-4-2)10(13)12-5-7-14-8-6-12/h9,11H,3-8H2,1-2H3. The number of carbonyl (C=O) groups excluding carboxylic acids is 1. The maximum atomic E-state index is 11.9. The molecule has 0 bridgehead atoms. The van der Waals surface area contributed by atoms with Gasteiger partial charge in [0.25, 0.3) is 0 Å². The summed E-state index contributed by atoms with van der Waals surface area (Å²) < 4.78 is 5.21. The molecule has 1 aliphatic heterocycles. The van der Waals surface area contributed by atoms with Gasteiger partial charge in [0.2, 0.25) is 5.91 Å². The Bertz CT molecular complexity index is 172. The van der Waals surface area contributed by atoms with Crippen molar-refractivity contribution in [1.82, 2.24) is 10.2 Å². The number of hydrogen-bond donors (Lipinski definition) is 1. The van der Waals surface area contributed by atoms with Crippen LogP contribution in [0.15, 0.2) is 0 Å². The molecule has 1 rings (SSSR count). The van der Waals surface area contributed by atoms with E-state index in [9.17, 15) is 4.79 Å². The monoisotopic (exact) mass is 200 g/mol. The Morgan fingerprint density at radius 1 is 1.43 bits per heavy atom. The van der Waals surface area contributed by atoms with Crippen LogP contribution in [0.4, 0.5) is 0 Å². The van der Waals surface area contributed by atoms with E-state index in [4.69, 9.17) is 4.74 Å². The molecule has 82 valence electrons. The molecular weight excluding hydrogens is 180 g/mol. The molecular formula is C10H20N2O2. The van der Waals surface area contributed by atoms with Gasteiger partial charge in [-0.1, -0.05) is 13.8 Å². The van der Waals surface area contributed by atoms with Crippen LogP contribution >= 0.6 is 0 Å². The number of hydrogen-bond acceptors (Lipinski definition) is 3. The lowest BCUT2D eigenvalue weighted by Gasteiger charge is -2.30. The summed E-state index contributed by atoms with van der Waals surface area (Å²) in [5, 5.41) is 3.20.